The highest BCUT2D eigenvalue weighted by molar-refractivity contribution is 5.85. The predicted octanol–water partition coefficient (Wildman–Crippen LogP) is 6.14. The number of ether oxygens (including phenoxy) is 1. The molecule has 2 fully saturated rings. The summed E-state index contributed by atoms with van der Waals surface area (Å²) < 4.78 is 11.2. The van der Waals surface area contributed by atoms with Gasteiger partial charge in [0.05, 0.1) is 5.69 Å². The summed E-state index contributed by atoms with van der Waals surface area (Å²) in [7, 11) is 0. The van der Waals surface area contributed by atoms with E-state index in [0.29, 0.717) is 5.92 Å². The summed E-state index contributed by atoms with van der Waals surface area (Å²) in [5, 5.41) is 5.53. The van der Waals surface area contributed by atoms with E-state index >= 15 is 0 Å². The van der Waals surface area contributed by atoms with Crippen molar-refractivity contribution in [3.8, 4) is 0 Å². The molecule has 1 aromatic carbocycles. The first-order chi connectivity index (χ1) is 14.3. The Labute approximate surface area is 179 Å². The van der Waals surface area contributed by atoms with Crippen LogP contribution in [0.3, 0.4) is 0 Å². The number of rotatable bonds is 5. The molecule has 2 aromatic rings. The molecule has 5 heteroatoms. The molecule has 1 aliphatic carbocycles. The van der Waals surface area contributed by atoms with Crippen molar-refractivity contribution in [1.82, 2.24) is 10.1 Å². The van der Waals surface area contributed by atoms with Gasteiger partial charge in [0.25, 0.3) is 0 Å². The van der Waals surface area contributed by atoms with Crippen molar-refractivity contribution in [2.75, 3.05) is 13.1 Å². The molecule has 30 heavy (non-hydrogen) atoms. The fraction of sp³-hybridized carbons (Fsp3) is 0.600. The maximum atomic E-state index is 12.2. The van der Waals surface area contributed by atoms with Gasteiger partial charge >= 0.3 is 6.09 Å². The molecule has 0 spiro atoms. The number of hydrogen-bond donors (Lipinski definition) is 0. The number of piperidine rings is 1. The molecule has 1 aromatic heterocycles. The molecule has 1 aliphatic heterocycles. The van der Waals surface area contributed by atoms with Crippen LogP contribution in [0.2, 0.25) is 0 Å². The van der Waals surface area contributed by atoms with Gasteiger partial charge in [-0.25, -0.2) is 4.79 Å². The van der Waals surface area contributed by atoms with Crippen molar-refractivity contribution in [3.63, 3.8) is 0 Å². The molecule has 4 rings (SSSR count). The lowest BCUT2D eigenvalue weighted by Gasteiger charge is -2.33. The monoisotopic (exact) mass is 410 g/mol. The van der Waals surface area contributed by atoms with Crippen molar-refractivity contribution in [2.45, 2.75) is 71.8 Å². The van der Waals surface area contributed by atoms with Crippen molar-refractivity contribution in [3.05, 3.63) is 35.0 Å². The molecule has 5 nitrogen and oxygen atoms in total. The van der Waals surface area contributed by atoms with Gasteiger partial charge in [0.1, 0.15) is 5.60 Å². The summed E-state index contributed by atoms with van der Waals surface area (Å²) in [6.45, 7) is 9.40. The van der Waals surface area contributed by atoms with Crippen LogP contribution in [0.25, 0.3) is 17.0 Å². The molecule has 2 heterocycles. The van der Waals surface area contributed by atoms with Crippen LogP contribution < -0.4 is 0 Å². The zero-order valence-electron chi connectivity index (χ0n) is 18.7. The predicted molar refractivity (Wildman–Crippen MR) is 119 cm³/mol. The fourth-order valence-corrected chi connectivity index (χ4v) is 4.16. The molecule has 0 atom stereocenters. The first-order valence-corrected chi connectivity index (χ1v) is 11.3. The first kappa shape index (κ1) is 21.0. The van der Waals surface area contributed by atoms with E-state index in [4.69, 9.17) is 9.26 Å². The number of benzene rings is 1. The second kappa shape index (κ2) is 8.44. The van der Waals surface area contributed by atoms with E-state index < -0.39 is 5.60 Å². The van der Waals surface area contributed by atoms with Gasteiger partial charge in [-0.1, -0.05) is 23.4 Å². The SMILES string of the molecule is Cc1c(C=CC2CC2)ccc2c(CCC3CCN(C(=O)OC(C)(C)C)CC3)noc12. The zero-order chi connectivity index (χ0) is 21.3. The normalized spacial score (nSPS) is 18.5. The number of aryl methyl sites for hydroxylation is 2. The van der Waals surface area contributed by atoms with Gasteiger partial charge in [-0.05, 0) is 89.7 Å². The Hall–Kier alpha value is -2.30. The summed E-state index contributed by atoms with van der Waals surface area (Å²) in [5.74, 6) is 1.38. The summed E-state index contributed by atoms with van der Waals surface area (Å²) in [6.07, 6.45) is 11.0. The molecule has 1 saturated heterocycles. The van der Waals surface area contributed by atoms with Crippen LogP contribution in [0.4, 0.5) is 4.79 Å². The highest BCUT2D eigenvalue weighted by atomic mass is 16.6. The molecule has 2 aliphatic rings. The summed E-state index contributed by atoms with van der Waals surface area (Å²) in [6, 6.07) is 4.35. The number of aromatic nitrogens is 1. The van der Waals surface area contributed by atoms with Gasteiger partial charge < -0.3 is 14.2 Å². The van der Waals surface area contributed by atoms with Crippen LogP contribution in [0.1, 0.15) is 69.7 Å². The Morgan fingerprint density at radius 3 is 2.63 bits per heavy atom. The van der Waals surface area contributed by atoms with Gasteiger partial charge in [0.2, 0.25) is 0 Å². The van der Waals surface area contributed by atoms with E-state index in [1.165, 1.54) is 24.0 Å². The van der Waals surface area contributed by atoms with Gasteiger partial charge in [-0.15, -0.1) is 0 Å². The Morgan fingerprint density at radius 2 is 1.97 bits per heavy atom. The van der Waals surface area contributed by atoms with E-state index in [1.54, 1.807) is 0 Å². The largest absolute Gasteiger partial charge is 0.444 e. The zero-order valence-corrected chi connectivity index (χ0v) is 18.7. The molecule has 162 valence electrons. The van der Waals surface area contributed by atoms with Gasteiger partial charge in [0.15, 0.2) is 5.58 Å². The van der Waals surface area contributed by atoms with Crippen molar-refractivity contribution >= 4 is 23.1 Å². The standard InChI is InChI=1S/C25H34N2O3/c1-17-20(9-7-18-5-6-18)10-11-21-22(26-30-23(17)21)12-8-19-13-15-27(16-14-19)24(28)29-25(2,3)4/h7,9-11,18-19H,5-6,8,12-16H2,1-4H3. The van der Waals surface area contributed by atoms with Crippen molar-refractivity contribution in [1.29, 1.82) is 0 Å². The van der Waals surface area contributed by atoms with Gasteiger partial charge in [-0.3, -0.25) is 0 Å². The number of likely N-dealkylation sites (tertiary alicyclic amines) is 1. The molecule has 0 unspecified atom stereocenters. The van der Waals surface area contributed by atoms with Gasteiger partial charge in [0, 0.05) is 24.0 Å². The van der Waals surface area contributed by atoms with Crippen LogP contribution in [0.5, 0.6) is 0 Å². The molecule has 0 radical (unpaired) electrons. The molecule has 1 amide bonds. The highest BCUT2D eigenvalue weighted by Crippen LogP contribution is 2.33. The third-order valence-corrected chi connectivity index (χ3v) is 6.23. The Balaban J connectivity index is 1.32. The number of fused-ring (bicyclic) bond motifs is 1. The molecule has 0 N–H and O–H groups in total. The molecule has 0 bridgehead atoms. The minimum atomic E-state index is -0.437. The van der Waals surface area contributed by atoms with E-state index in [0.717, 1.165) is 61.4 Å². The number of hydrogen-bond acceptors (Lipinski definition) is 4. The summed E-state index contributed by atoms with van der Waals surface area (Å²) >= 11 is 0. The summed E-state index contributed by atoms with van der Waals surface area (Å²) in [5.41, 5.74) is 3.94. The Kier molecular flexibility index (Phi) is 5.90. The minimum Gasteiger partial charge on any atom is -0.444 e. The van der Waals surface area contributed by atoms with Crippen LogP contribution in [-0.4, -0.2) is 34.8 Å². The highest BCUT2D eigenvalue weighted by Gasteiger charge is 2.27. The number of allylic oxidation sites excluding steroid dienone is 1. The second-order valence-electron chi connectivity index (χ2n) is 9.93. The van der Waals surface area contributed by atoms with Crippen LogP contribution in [0.15, 0.2) is 22.7 Å². The van der Waals surface area contributed by atoms with Crippen LogP contribution >= 0.6 is 0 Å². The van der Waals surface area contributed by atoms with E-state index in [1.807, 2.05) is 25.7 Å². The third kappa shape index (κ3) is 5.05. The number of amides is 1. The smallest absolute Gasteiger partial charge is 0.410 e. The lowest BCUT2D eigenvalue weighted by Crippen LogP contribution is -2.41. The van der Waals surface area contributed by atoms with Gasteiger partial charge in [-0.2, -0.15) is 0 Å². The lowest BCUT2D eigenvalue weighted by atomic mass is 9.91. The maximum Gasteiger partial charge on any atom is 0.410 e. The van der Waals surface area contributed by atoms with Crippen LogP contribution in [-0.2, 0) is 11.2 Å². The van der Waals surface area contributed by atoms with Crippen molar-refractivity contribution < 1.29 is 14.1 Å². The fourth-order valence-electron chi connectivity index (χ4n) is 4.16. The lowest BCUT2D eigenvalue weighted by molar-refractivity contribution is 0.0181. The minimum absolute atomic E-state index is 0.189. The van der Waals surface area contributed by atoms with E-state index in [-0.39, 0.29) is 6.09 Å². The van der Waals surface area contributed by atoms with E-state index in [9.17, 15) is 4.79 Å². The Bertz CT molecular complexity index is 926. The van der Waals surface area contributed by atoms with E-state index in [2.05, 4.69) is 36.4 Å². The second-order valence-corrected chi connectivity index (χ2v) is 9.93. The van der Waals surface area contributed by atoms with Crippen LogP contribution in [0, 0.1) is 18.8 Å². The third-order valence-electron chi connectivity index (χ3n) is 6.23. The number of carbonyl (C=O) groups is 1. The molecular formula is C25H34N2O3. The summed E-state index contributed by atoms with van der Waals surface area (Å²) in [4.78, 5) is 14.1. The molecular weight excluding hydrogens is 376 g/mol. The topological polar surface area (TPSA) is 55.6 Å². The van der Waals surface area contributed by atoms with Crippen molar-refractivity contribution in [2.24, 2.45) is 11.8 Å². The first-order valence-electron chi connectivity index (χ1n) is 11.3. The average molecular weight is 411 g/mol. The molecule has 1 saturated carbocycles. The average Bonchev–Trinajstić information content (AvgIpc) is 3.43. The quantitative estimate of drug-likeness (QED) is 0.594. The number of carbonyl (C=O) groups excluding carboxylic acids is 1. The number of nitrogens with zero attached hydrogens (tertiary/aromatic N) is 2. The maximum absolute atomic E-state index is 12.2. The Morgan fingerprint density at radius 1 is 1.23 bits per heavy atom.